The minimum Gasteiger partial charge on any atom is -0.479 e. The van der Waals surface area contributed by atoms with Gasteiger partial charge in [0.1, 0.15) is 0 Å². The molecule has 7 heteroatoms. The van der Waals surface area contributed by atoms with Crippen LogP contribution in [0, 0.1) is 20.8 Å². The van der Waals surface area contributed by atoms with Gasteiger partial charge in [0.25, 0.3) is 0 Å². The van der Waals surface area contributed by atoms with Crippen molar-refractivity contribution in [2.24, 2.45) is 0 Å². The lowest BCUT2D eigenvalue weighted by Crippen LogP contribution is -2.46. The number of nitrogens with zero attached hydrogens (tertiary/aromatic N) is 2. The number of aryl methyl sites for hydroxylation is 2. The maximum absolute atomic E-state index is 12.0. The van der Waals surface area contributed by atoms with Crippen LogP contribution in [0.1, 0.15) is 41.4 Å². The van der Waals surface area contributed by atoms with Gasteiger partial charge in [0, 0.05) is 12.1 Å². The van der Waals surface area contributed by atoms with Crippen LogP contribution >= 0.6 is 0 Å². The minimum absolute atomic E-state index is 0.202. The molecule has 0 saturated carbocycles. The molecule has 1 amide bonds. The maximum Gasteiger partial charge on any atom is 0.337 e. The molecule has 0 aliphatic carbocycles. The highest BCUT2D eigenvalue weighted by Gasteiger charge is 2.30. The summed E-state index contributed by atoms with van der Waals surface area (Å²) in [7, 11) is 0. The normalized spacial score (nSPS) is 13.2. The lowest BCUT2D eigenvalue weighted by atomic mass is 10.1. The minimum atomic E-state index is -1.97. The molecule has 0 fully saturated rings. The first kappa shape index (κ1) is 20.6. The van der Waals surface area contributed by atoms with Crippen LogP contribution in [0.3, 0.4) is 0 Å². The van der Waals surface area contributed by atoms with E-state index in [9.17, 15) is 14.7 Å². The number of aliphatic carboxylic acids is 1. The summed E-state index contributed by atoms with van der Waals surface area (Å²) in [5.74, 6) is -1.67. The number of hydrogen-bond donors (Lipinski definition) is 3. The summed E-state index contributed by atoms with van der Waals surface area (Å²) in [5.41, 5.74) is 3.30. The molecule has 1 heterocycles. The van der Waals surface area contributed by atoms with Gasteiger partial charge in [-0.15, -0.1) is 0 Å². The van der Waals surface area contributed by atoms with Crippen molar-refractivity contribution in [3.05, 3.63) is 52.3 Å². The number of carboxylic acid groups (broad SMARTS) is 1. The number of carbonyl (C=O) groups excluding carboxylic acids is 1. The van der Waals surface area contributed by atoms with E-state index >= 15 is 0 Å². The molecule has 7 nitrogen and oxygen atoms in total. The zero-order chi connectivity index (χ0) is 20.2. The van der Waals surface area contributed by atoms with Crippen molar-refractivity contribution in [2.45, 2.75) is 52.7 Å². The highest BCUT2D eigenvalue weighted by molar-refractivity contribution is 5.80. The standard InChI is InChI=1S/C20H27N3O4/c1-13-5-7-16(8-6-13)11-23-15(3)17(14(2)22-23)9-10-18(24)21-12-20(4,27)19(25)26/h5-8,27H,9-12H2,1-4H3,(H,21,24)(H,25,26). The third-order valence-corrected chi connectivity index (χ3v) is 4.68. The molecule has 27 heavy (non-hydrogen) atoms. The van der Waals surface area contributed by atoms with Crippen molar-refractivity contribution in [1.29, 1.82) is 0 Å². The molecule has 0 aliphatic rings. The molecule has 146 valence electrons. The monoisotopic (exact) mass is 373 g/mol. The molecule has 0 aliphatic heterocycles. The summed E-state index contributed by atoms with van der Waals surface area (Å²) in [4.78, 5) is 22.9. The largest absolute Gasteiger partial charge is 0.479 e. The van der Waals surface area contributed by atoms with Gasteiger partial charge in [-0.25, -0.2) is 4.79 Å². The molecule has 3 N–H and O–H groups in total. The van der Waals surface area contributed by atoms with Crippen molar-refractivity contribution >= 4 is 11.9 Å². The Hall–Kier alpha value is -2.67. The highest BCUT2D eigenvalue weighted by Crippen LogP contribution is 2.17. The number of benzene rings is 1. The Kier molecular flexibility index (Phi) is 6.38. The molecular formula is C20H27N3O4. The Morgan fingerprint density at radius 1 is 1.19 bits per heavy atom. The zero-order valence-corrected chi connectivity index (χ0v) is 16.2. The first-order valence-electron chi connectivity index (χ1n) is 8.91. The SMILES string of the molecule is Cc1ccc(Cn2nc(C)c(CCC(=O)NCC(C)(O)C(=O)O)c2C)cc1. The summed E-state index contributed by atoms with van der Waals surface area (Å²) < 4.78 is 1.93. The molecule has 2 rings (SSSR count). The molecule has 1 atom stereocenters. The molecule has 2 aromatic rings. The Bertz CT molecular complexity index is 822. The second-order valence-electron chi connectivity index (χ2n) is 7.15. The number of aromatic nitrogens is 2. The van der Waals surface area contributed by atoms with Crippen LogP contribution in [-0.2, 0) is 22.6 Å². The van der Waals surface area contributed by atoms with Gasteiger partial charge < -0.3 is 15.5 Å². The molecular weight excluding hydrogens is 346 g/mol. The number of aliphatic hydroxyl groups is 1. The predicted molar refractivity (Wildman–Crippen MR) is 102 cm³/mol. The van der Waals surface area contributed by atoms with Crippen molar-refractivity contribution < 1.29 is 19.8 Å². The average molecular weight is 373 g/mol. The molecule has 1 aromatic carbocycles. The summed E-state index contributed by atoms with van der Waals surface area (Å²) in [5, 5.41) is 25.6. The van der Waals surface area contributed by atoms with Gasteiger partial charge in [-0.1, -0.05) is 29.8 Å². The van der Waals surface area contributed by atoms with Crippen molar-refractivity contribution in [2.75, 3.05) is 6.54 Å². The van der Waals surface area contributed by atoms with Gasteiger partial charge in [-0.05, 0) is 45.2 Å². The molecule has 1 aromatic heterocycles. The maximum atomic E-state index is 12.0. The molecule has 0 radical (unpaired) electrons. The second kappa shape index (κ2) is 8.35. The third kappa shape index (κ3) is 5.40. The fraction of sp³-hybridized carbons (Fsp3) is 0.450. The van der Waals surface area contributed by atoms with E-state index in [4.69, 9.17) is 5.11 Å². The van der Waals surface area contributed by atoms with E-state index in [2.05, 4.69) is 34.7 Å². The van der Waals surface area contributed by atoms with Crippen LogP contribution in [0.5, 0.6) is 0 Å². The Labute approximate surface area is 159 Å². The van der Waals surface area contributed by atoms with Gasteiger partial charge >= 0.3 is 5.97 Å². The summed E-state index contributed by atoms with van der Waals surface area (Å²) in [6.45, 7) is 7.44. The smallest absolute Gasteiger partial charge is 0.337 e. The number of carbonyl (C=O) groups is 2. The molecule has 0 saturated heterocycles. The van der Waals surface area contributed by atoms with E-state index < -0.39 is 11.6 Å². The van der Waals surface area contributed by atoms with Crippen LogP contribution in [0.2, 0.25) is 0 Å². The van der Waals surface area contributed by atoms with Crippen LogP contribution in [0.25, 0.3) is 0 Å². The van der Waals surface area contributed by atoms with E-state index in [1.165, 1.54) is 5.56 Å². The third-order valence-electron chi connectivity index (χ3n) is 4.68. The Balaban J connectivity index is 1.97. The van der Waals surface area contributed by atoms with Crippen molar-refractivity contribution in [1.82, 2.24) is 15.1 Å². The van der Waals surface area contributed by atoms with Gasteiger partial charge in [-0.2, -0.15) is 5.10 Å². The first-order valence-corrected chi connectivity index (χ1v) is 8.91. The van der Waals surface area contributed by atoms with Crippen molar-refractivity contribution in [3.8, 4) is 0 Å². The molecule has 0 spiro atoms. The quantitative estimate of drug-likeness (QED) is 0.654. The summed E-state index contributed by atoms with van der Waals surface area (Å²) >= 11 is 0. The van der Waals surface area contributed by atoms with E-state index in [1.807, 2.05) is 25.5 Å². The number of nitrogens with one attached hydrogen (secondary N) is 1. The average Bonchev–Trinajstić information content (AvgIpc) is 2.86. The Morgan fingerprint density at radius 2 is 1.81 bits per heavy atom. The summed E-state index contributed by atoms with van der Waals surface area (Å²) in [6.07, 6.45) is 0.709. The molecule has 0 bridgehead atoms. The predicted octanol–water partition coefficient (Wildman–Crippen LogP) is 1.74. The van der Waals surface area contributed by atoms with E-state index in [1.54, 1.807) is 0 Å². The number of carboxylic acids is 1. The van der Waals surface area contributed by atoms with E-state index in [0.717, 1.165) is 29.4 Å². The van der Waals surface area contributed by atoms with Crippen LogP contribution < -0.4 is 5.32 Å². The van der Waals surface area contributed by atoms with E-state index in [-0.39, 0.29) is 18.9 Å². The number of amides is 1. The highest BCUT2D eigenvalue weighted by atomic mass is 16.4. The van der Waals surface area contributed by atoms with Crippen LogP contribution in [0.15, 0.2) is 24.3 Å². The van der Waals surface area contributed by atoms with Gasteiger partial charge in [-0.3, -0.25) is 9.48 Å². The van der Waals surface area contributed by atoms with Crippen LogP contribution in [-0.4, -0.2) is 44.0 Å². The fourth-order valence-electron chi connectivity index (χ4n) is 2.79. The summed E-state index contributed by atoms with van der Waals surface area (Å²) in [6, 6.07) is 8.29. The number of hydrogen-bond acceptors (Lipinski definition) is 4. The lowest BCUT2D eigenvalue weighted by molar-refractivity contribution is -0.156. The number of rotatable bonds is 8. The first-order chi connectivity index (χ1) is 12.6. The van der Waals surface area contributed by atoms with Gasteiger partial charge in [0.15, 0.2) is 5.60 Å². The Morgan fingerprint density at radius 3 is 2.41 bits per heavy atom. The lowest BCUT2D eigenvalue weighted by Gasteiger charge is -2.18. The van der Waals surface area contributed by atoms with Gasteiger partial charge in [0.2, 0.25) is 5.91 Å². The topological polar surface area (TPSA) is 104 Å². The molecule has 1 unspecified atom stereocenters. The fourth-order valence-corrected chi connectivity index (χ4v) is 2.79. The van der Waals surface area contributed by atoms with Gasteiger partial charge in [0.05, 0.1) is 18.8 Å². The van der Waals surface area contributed by atoms with Crippen LogP contribution in [0.4, 0.5) is 0 Å². The zero-order valence-electron chi connectivity index (χ0n) is 16.2. The van der Waals surface area contributed by atoms with E-state index in [0.29, 0.717) is 13.0 Å². The van der Waals surface area contributed by atoms with Crippen molar-refractivity contribution in [3.63, 3.8) is 0 Å². The second-order valence-corrected chi connectivity index (χ2v) is 7.15.